The Bertz CT molecular complexity index is 980. The molecule has 132 valence electrons. The first kappa shape index (κ1) is 16.3. The number of nitrogens with one attached hydrogen (secondary N) is 1. The Morgan fingerprint density at radius 2 is 1.81 bits per heavy atom. The van der Waals surface area contributed by atoms with E-state index in [1.165, 1.54) is 0 Å². The van der Waals surface area contributed by atoms with Gasteiger partial charge in [0, 0.05) is 7.05 Å². The number of rotatable bonds is 5. The van der Waals surface area contributed by atoms with Gasteiger partial charge in [-0.2, -0.15) is 0 Å². The average Bonchev–Trinajstić information content (AvgIpc) is 3.40. The lowest BCUT2D eigenvalue weighted by Gasteiger charge is -2.19. The number of aryl methyl sites for hydroxylation is 1. The van der Waals surface area contributed by atoms with Gasteiger partial charge >= 0.3 is 5.97 Å². The van der Waals surface area contributed by atoms with Gasteiger partial charge in [-0.3, -0.25) is 9.59 Å². The van der Waals surface area contributed by atoms with Crippen molar-refractivity contribution in [3.8, 4) is 0 Å². The van der Waals surface area contributed by atoms with Crippen LogP contribution in [-0.4, -0.2) is 26.5 Å². The summed E-state index contributed by atoms with van der Waals surface area (Å²) in [6.45, 7) is 0. The van der Waals surface area contributed by atoms with Crippen LogP contribution in [0.5, 0.6) is 0 Å². The molecule has 1 aliphatic carbocycles. The summed E-state index contributed by atoms with van der Waals surface area (Å²) in [5, 5.41) is 12.1. The summed E-state index contributed by atoms with van der Waals surface area (Å²) in [5.41, 5.74) is 2.74. The van der Waals surface area contributed by atoms with Crippen LogP contribution in [-0.2, 0) is 16.6 Å². The molecule has 26 heavy (non-hydrogen) atoms. The maximum Gasteiger partial charge on any atom is 0.307 e. The van der Waals surface area contributed by atoms with Gasteiger partial charge < -0.3 is 15.0 Å². The molecule has 0 saturated heterocycles. The molecule has 6 nitrogen and oxygen atoms in total. The molecular formula is C20H19N3O3. The van der Waals surface area contributed by atoms with Crippen LogP contribution in [0.4, 0.5) is 0 Å². The van der Waals surface area contributed by atoms with Gasteiger partial charge in [0.25, 0.3) is 0 Å². The van der Waals surface area contributed by atoms with Crippen LogP contribution >= 0.6 is 0 Å². The smallest absolute Gasteiger partial charge is 0.307 e. The number of hydrogen-bond acceptors (Lipinski definition) is 3. The summed E-state index contributed by atoms with van der Waals surface area (Å²) in [5.74, 6) is -1.47. The minimum absolute atomic E-state index is 0.238. The molecule has 0 bridgehead atoms. The SMILES string of the molecule is Cn1c([C@H](NC(=O)[C@@H]2C[C@H]2C(=O)O)c2ccccc2)nc2ccccc21. The average molecular weight is 349 g/mol. The fourth-order valence-electron chi connectivity index (χ4n) is 3.37. The molecule has 3 aromatic rings. The van der Waals surface area contributed by atoms with Gasteiger partial charge in [0.15, 0.2) is 0 Å². The molecule has 3 atom stereocenters. The third kappa shape index (κ3) is 2.83. The van der Waals surface area contributed by atoms with E-state index in [2.05, 4.69) is 5.32 Å². The van der Waals surface area contributed by atoms with Gasteiger partial charge in [0.1, 0.15) is 11.9 Å². The summed E-state index contributed by atoms with van der Waals surface area (Å²) in [6, 6.07) is 17.0. The number of fused-ring (bicyclic) bond motifs is 1. The maximum absolute atomic E-state index is 12.6. The van der Waals surface area contributed by atoms with Crippen molar-refractivity contribution in [1.29, 1.82) is 0 Å². The number of nitrogens with zero attached hydrogens (tertiary/aromatic N) is 2. The predicted molar refractivity (Wildman–Crippen MR) is 96.4 cm³/mol. The molecule has 1 fully saturated rings. The van der Waals surface area contributed by atoms with Crippen LogP contribution in [0.1, 0.15) is 23.9 Å². The predicted octanol–water partition coefficient (Wildman–Crippen LogP) is 2.50. The number of para-hydroxylation sites is 2. The third-order valence-electron chi connectivity index (χ3n) is 4.94. The van der Waals surface area contributed by atoms with Crippen LogP contribution in [0.15, 0.2) is 54.6 Å². The van der Waals surface area contributed by atoms with E-state index in [1.807, 2.05) is 66.2 Å². The zero-order chi connectivity index (χ0) is 18.3. The first-order valence-corrected chi connectivity index (χ1v) is 8.55. The Morgan fingerprint density at radius 1 is 1.12 bits per heavy atom. The van der Waals surface area contributed by atoms with Gasteiger partial charge in [0.05, 0.1) is 22.9 Å². The number of carbonyl (C=O) groups excluding carboxylic acids is 1. The standard InChI is InChI=1S/C20H19N3O3/c1-23-16-10-6-5-9-15(16)21-18(23)17(12-7-3-2-4-8-12)22-19(24)13-11-14(13)20(25)26/h2-10,13-14,17H,11H2,1H3,(H,22,24)(H,25,26)/t13-,14-,17-/m1/s1. The van der Waals surface area contributed by atoms with Crippen molar-refractivity contribution in [2.45, 2.75) is 12.5 Å². The highest BCUT2D eigenvalue weighted by Crippen LogP contribution is 2.39. The second kappa shape index (κ2) is 6.29. The van der Waals surface area contributed by atoms with E-state index in [-0.39, 0.29) is 5.91 Å². The molecule has 6 heteroatoms. The topological polar surface area (TPSA) is 84.2 Å². The Morgan fingerprint density at radius 3 is 2.46 bits per heavy atom. The van der Waals surface area contributed by atoms with Crippen molar-refractivity contribution < 1.29 is 14.7 Å². The van der Waals surface area contributed by atoms with Crippen molar-refractivity contribution in [3.63, 3.8) is 0 Å². The number of hydrogen-bond donors (Lipinski definition) is 2. The summed E-state index contributed by atoms with van der Waals surface area (Å²) < 4.78 is 1.97. The van der Waals surface area contributed by atoms with Crippen molar-refractivity contribution in [1.82, 2.24) is 14.9 Å². The number of amides is 1. The van der Waals surface area contributed by atoms with Crippen molar-refractivity contribution in [3.05, 3.63) is 66.0 Å². The lowest BCUT2D eigenvalue weighted by atomic mass is 10.1. The summed E-state index contributed by atoms with van der Waals surface area (Å²) in [4.78, 5) is 28.4. The van der Waals surface area contributed by atoms with Crippen LogP contribution in [0, 0.1) is 11.8 Å². The molecule has 0 aliphatic heterocycles. The first-order valence-electron chi connectivity index (χ1n) is 8.55. The van der Waals surface area contributed by atoms with Gasteiger partial charge in [-0.05, 0) is 24.1 Å². The lowest BCUT2D eigenvalue weighted by molar-refractivity contribution is -0.140. The molecule has 4 rings (SSSR count). The molecule has 0 unspecified atom stereocenters. The molecule has 1 amide bonds. The zero-order valence-electron chi connectivity index (χ0n) is 14.3. The molecule has 0 radical (unpaired) electrons. The van der Waals surface area contributed by atoms with E-state index < -0.39 is 23.8 Å². The largest absolute Gasteiger partial charge is 0.481 e. The normalized spacial score (nSPS) is 19.9. The van der Waals surface area contributed by atoms with Gasteiger partial charge in [-0.15, -0.1) is 0 Å². The zero-order valence-corrected chi connectivity index (χ0v) is 14.3. The molecule has 2 N–H and O–H groups in total. The third-order valence-corrected chi connectivity index (χ3v) is 4.94. The van der Waals surface area contributed by atoms with E-state index >= 15 is 0 Å². The molecule has 1 aromatic heterocycles. The summed E-state index contributed by atoms with van der Waals surface area (Å²) in [7, 11) is 1.92. The molecular weight excluding hydrogens is 330 g/mol. The molecule has 1 saturated carbocycles. The van der Waals surface area contributed by atoms with E-state index in [4.69, 9.17) is 10.1 Å². The summed E-state index contributed by atoms with van der Waals surface area (Å²) >= 11 is 0. The minimum Gasteiger partial charge on any atom is -0.481 e. The Labute approximate surface area is 150 Å². The highest BCUT2D eigenvalue weighted by molar-refractivity contribution is 5.90. The number of carboxylic acid groups (broad SMARTS) is 1. The van der Waals surface area contributed by atoms with Gasteiger partial charge in [0.2, 0.25) is 5.91 Å². The Hall–Kier alpha value is -3.15. The number of carboxylic acids is 1. The van der Waals surface area contributed by atoms with Gasteiger partial charge in [-0.25, -0.2) is 4.98 Å². The highest BCUT2D eigenvalue weighted by atomic mass is 16.4. The molecule has 0 spiro atoms. The van der Waals surface area contributed by atoms with E-state index in [9.17, 15) is 9.59 Å². The second-order valence-electron chi connectivity index (χ2n) is 6.66. The number of imidazole rings is 1. The van der Waals surface area contributed by atoms with E-state index in [0.29, 0.717) is 6.42 Å². The molecule has 1 aliphatic rings. The molecule has 2 aromatic carbocycles. The van der Waals surface area contributed by atoms with Crippen LogP contribution in [0.25, 0.3) is 11.0 Å². The van der Waals surface area contributed by atoms with Crippen molar-refractivity contribution in [2.75, 3.05) is 0 Å². The Kier molecular flexibility index (Phi) is 3.95. The van der Waals surface area contributed by atoms with Crippen LogP contribution in [0.3, 0.4) is 0 Å². The number of carbonyl (C=O) groups is 2. The quantitative estimate of drug-likeness (QED) is 0.741. The number of aromatic nitrogens is 2. The highest BCUT2D eigenvalue weighted by Gasteiger charge is 2.48. The monoisotopic (exact) mass is 349 g/mol. The first-order chi connectivity index (χ1) is 12.6. The maximum atomic E-state index is 12.6. The van der Waals surface area contributed by atoms with Crippen molar-refractivity contribution >= 4 is 22.9 Å². The fourth-order valence-corrected chi connectivity index (χ4v) is 3.37. The Balaban J connectivity index is 1.70. The van der Waals surface area contributed by atoms with Crippen molar-refractivity contribution in [2.24, 2.45) is 18.9 Å². The minimum atomic E-state index is -0.913. The van der Waals surface area contributed by atoms with Crippen LogP contribution < -0.4 is 5.32 Å². The number of benzene rings is 2. The summed E-state index contributed by atoms with van der Waals surface area (Å²) in [6.07, 6.45) is 0.394. The van der Waals surface area contributed by atoms with Gasteiger partial charge in [-0.1, -0.05) is 42.5 Å². The molecule has 1 heterocycles. The van der Waals surface area contributed by atoms with E-state index in [0.717, 1.165) is 22.4 Å². The number of aliphatic carboxylic acids is 1. The van der Waals surface area contributed by atoms with E-state index in [1.54, 1.807) is 0 Å². The second-order valence-corrected chi connectivity index (χ2v) is 6.66. The van der Waals surface area contributed by atoms with Crippen LogP contribution in [0.2, 0.25) is 0 Å². The fraction of sp³-hybridized carbons (Fsp3) is 0.250. The lowest BCUT2D eigenvalue weighted by Crippen LogP contribution is -2.33.